The molecule has 0 aromatic heterocycles. The quantitative estimate of drug-likeness (QED) is 0.637. The zero-order chi connectivity index (χ0) is 9.26. The van der Waals surface area contributed by atoms with E-state index in [1.807, 2.05) is 18.2 Å². The Morgan fingerprint density at radius 3 is 3.00 bits per heavy atom. The first-order chi connectivity index (χ1) is 6.33. The van der Waals surface area contributed by atoms with Crippen LogP contribution in [0.4, 0.5) is 0 Å². The Kier molecular flexibility index (Phi) is 1.89. The summed E-state index contributed by atoms with van der Waals surface area (Å²) < 4.78 is 0. The summed E-state index contributed by atoms with van der Waals surface area (Å²) in [6, 6.07) is 5.47. The van der Waals surface area contributed by atoms with E-state index in [4.69, 9.17) is 0 Å². The molecule has 1 aliphatic rings. The topological polar surface area (TPSA) is 37.3 Å². The maximum atomic E-state index is 10.7. The van der Waals surface area contributed by atoms with Crippen LogP contribution >= 0.6 is 0 Å². The van der Waals surface area contributed by atoms with Crippen molar-refractivity contribution in [3.8, 4) is 0 Å². The number of hydrogen-bond acceptors (Lipinski definition) is 2. The van der Waals surface area contributed by atoms with Gasteiger partial charge in [0.15, 0.2) is 6.29 Å². The number of aldehydes is 1. The first-order valence-electron chi connectivity index (χ1n) is 4.29. The molecule has 0 fully saturated rings. The number of aliphatic hydroxyl groups is 1. The summed E-state index contributed by atoms with van der Waals surface area (Å²) >= 11 is 0. The maximum absolute atomic E-state index is 10.7. The standard InChI is InChI=1S/C11H10O2/c12-7-9-5-1-3-8-4-2-6-10(13)11(8)9/h1,3-5,7,13H,2,6H2. The average molecular weight is 174 g/mol. The molecule has 2 nitrogen and oxygen atoms in total. The number of carbonyl (C=O) groups is 1. The second kappa shape index (κ2) is 3.05. The summed E-state index contributed by atoms with van der Waals surface area (Å²) in [7, 11) is 0. The van der Waals surface area contributed by atoms with Crippen molar-refractivity contribution in [1.29, 1.82) is 0 Å². The fourth-order valence-electron chi connectivity index (χ4n) is 1.68. The lowest BCUT2D eigenvalue weighted by Crippen LogP contribution is -2.32. The van der Waals surface area contributed by atoms with E-state index in [-0.39, 0.29) is 0 Å². The third kappa shape index (κ3) is 1.24. The van der Waals surface area contributed by atoms with Gasteiger partial charge >= 0.3 is 0 Å². The molecular weight excluding hydrogens is 164 g/mol. The molecule has 0 bridgehead atoms. The maximum Gasteiger partial charge on any atom is 0.150 e. The van der Waals surface area contributed by atoms with Gasteiger partial charge in [-0.05, 0) is 11.6 Å². The van der Waals surface area contributed by atoms with Crippen molar-refractivity contribution in [3.05, 3.63) is 34.2 Å². The highest BCUT2D eigenvalue weighted by molar-refractivity contribution is 5.76. The third-order valence-electron chi connectivity index (χ3n) is 2.29. The van der Waals surface area contributed by atoms with Gasteiger partial charge in [-0.25, -0.2) is 0 Å². The minimum absolute atomic E-state index is 0.334. The largest absolute Gasteiger partial charge is 0.512 e. The van der Waals surface area contributed by atoms with Gasteiger partial charge in [-0.1, -0.05) is 24.3 Å². The highest BCUT2D eigenvalue weighted by atomic mass is 16.3. The van der Waals surface area contributed by atoms with Crippen molar-refractivity contribution in [2.24, 2.45) is 0 Å². The lowest BCUT2D eigenvalue weighted by molar-refractivity contribution is 0.112. The number of rotatable bonds is 1. The Hall–Kier alpha value is -1.57. The van der Waals surface area contributed by atoms with Crippen molar-refractivity contribution >= 4 is 18.1 Å². The predicted octanol–water partition coefficient (Wildman–Crippen LogP) is 0.740. The first-order valence-corrected chi connectivity index (χ1v) is 4.29. The predicted molar refractivity (Wildman–Crippen MR) is 50.8 cm³/mol. The molecule has 1 N–H and O–H groups in total. The van der Waals surface area contributed by atoms with Crippen molar-refractivity contribution in [3.63, 3.8) is 0 Å². The van der Waals surface area contributed by atoms with Crippen LogP contribution in [-0.2, 0) is 0 Å². The van der Waals surface area contributed by atoms with Crippen molar-refractivity contribution in [2.75, 3.05) is 0 Å². The van der Waals surface area contributed by atoms with E-state index in [0.29, 0.717) is 23.0 Å². The van der Waals surface area contributed by atoms with Gasteiger partial charge in [0.2, 0.25) is 0 Å². The third-order valence-corrected chi connectivity index (χ3v) is 2.29. The van der Waals surface area contributed by atoms with E-state index in [1.54, 1.807) is 6.07 Å². The molecule has 0 atom stereocenters. The van der Waals surface area contributed by atoms with E-state index in [2.05, 4.69) is 0 Å². The molecule has 0 amide bonds. The normalized spacial score (nSPS) is 14.6. The van der Waals surface area contributed by atoms with E-state index >= 15 is 0 Å². The Morgan fingerprint density at radius 1 is 1.38 bits per heavy atom. The monoisotopic (exact) mass is 174 g/mol. The fraction of sp³-hybridized carbons (Fsp3) is 0.182. The van der Waals surface area contributed by atoms with E-state index in [0.717, 1.165) is 17.9 Å². The molecule has 0 aliphatic heterocycles. The molecule has 13 heavy (non-hydrogen) atoms. The molecule has 1 aromatic carbocycles. The summed E-state index contributed by atoms with van der Waals surface area (Å²) in [5.74, 6) is 0.334. The van der Waals surface area contributed by atoms with Crippen LogP contribution in [0.3, 0.4) is 0 Å². The van der Waals surface area contributed by atoms with Crippen molar-refractivity contribution in [2.45, 2.75) is 12.8 Å². The minimum Gasteiger partial charge on any atom is -0.512 e. The van der Waals surface area contributed by atoms with Crippen LogP contribution in [0, 0.1) is 0 Å². The molecule has 0 heterocycles. The average Bonchev–Trinajstić information content (AvgIpc) is 2.17. The minimum atomic E-state index is 0.334. The molecule has 0 spiro atoms. The highest BCUT2D eigenvalue weighted by Gasteiger charge is 2.05. The highest BCUT2D eigenvalue weighted by Crippen LogP contribution is 2.04. The van der Waals surface area contributed by atoms with Gasteiger partial charge in [0.1, 0.15) is 5.76 Å². The lowest BCUT2D eigenvalue weighted by Gasteiger charge is -2.05. The van der Waals surface area contributed by atoms with E-state index < -0.39 is 0 Å². The summed E-state index contributed by atoms with van der Waals surface area (Å²) in [5, 5.41) is 11.3. The molecule has 66 valence electrons. The van der Waals surface area contributed by atoms with Gasteiger partial charge in [0, 0.05) is 17.2 Å². The lowest BCUT2D eigenvalue weighted by atomic mass is 10.0. The van der Waals surface area contributed by atoms with Crippen LogP contribution in [0.25, 0.3) is 11.8 Å². The van der Waals surface area contributed by atoms with Crippen molar-refractivity contribution in [1.82, 2.24) is 0 Å². The second-order valence-corrected chi connectivity index (χ2v) is 3.12. The Bertz CT molecular complexity index is 457. The molecule has 2 rings (SSSR count). The van der Waals surface area contributed by atoms with E-state index in [9.17, 15) is 9.90 Å². The van der Waals surface area contributed by atoms with Gasteiger partial charge < -0.3 is 5.11 Å². The van der Waals surface area contributed by atoms with Crippen LogP contribution in [0.2, 0.25) is 0 Å². The van der Waals surface area contributed by atoms with Crippen LogP contribution in [0.15, 0.2) is 18.2 Å². The van der Waals surface area contributed by atoms with Crippen LogP contribution in [-0.4, -0.2) is 11.4 Å². The zero-order valence-electron chi connectivity index (χ0n) is 7.16. The smallest absolute Gasteiger partial charge is 0.150 e. The Labute approximate surface area is 75.8 Å². The van der Waals surface area contributed by atoms with Crippen LogP contribution < -0.4 is 10.4 Å². The second-order valence-electron chi connectivity index (χ2n) is 3.12. The number of benzene rings is 1. The van der Waals surface area contributed by atoms with E-state index in [1.165, 1.54) is 0 Å². The number of carbonyl (C=O) groups excluding carboxylic acids is 1. The molecule has 0 saturated carbocycles. The number of hydrogen-bond donors (Lipinski definition) is 1. The van der Waals surface area contributed by atoms with Crippen LogP contribution in [0.1, 0.15) is 23.2 Å². The summed E-state index contributed by atoms with van der Waals surface area (Å²) in [6.45, 7) is 0. The summed E-state index contributed by atoms with van der Waals surface area (Å²) in [6.07, 6.45) is 4.31. The van der Waals surface area contributed by atoms with Gasteiger partial charge in [-0.2, -0.15) is 0 Å². The van der Waals surface area contributed by atoms with Gasteiger partial charge in [0.05, 0.1) is 0 Å². The van der Waals surface area contributed by atoms with Gasteiger partial charge in [-0.3, -0.25) is 4.79 Å². The first kappa shape index (κ1) is 8.05. The van der Waals surface area contributed by atoms with Gasteiger partial charge in [0.25, 0.3) is 0 Å². The number of fused-ring (bicyclic) bond motifs is 1. The Morgan fingerprint density at radius 2 is 2.23 bits per heavy atom. The molecule has 2 heteroatoms. The Balaban J connectivity index is 2.94. The molecule has 0 saturated heterocycles. The molecule has 0 radical (unpaired) electrons. The van der Waals surface area contributed by atoms with Gasteiger partial charge in [-0.15, -0.1) is 0 Å². The molecule has 1 aliphatic carbocycles. The van der Waals surface area contributed by atoms with Crippen LogP contribution in [0.5, 0.6) is 0 Å². The van der Waals surface area contributed by atoms with Crippen molar-refractivity contribution < 1.29 is 9.90 Å². The number of aliphatic hydroxyl groups excluding tert-OH is 1. The molecular formula is C11H10O2. The summed E-state index contributed by atoms with van der Waals surface area (Å²) in [5.41, 5.74) is 0.575. The summed E-state index contributed by atoms with van der Waals surface area (Å²) in [4.78, 5) is 10.7. The fourth-order valence-corrected chi connectivity index (χ4v) is 1.68. The zero-order valence-corrected chi connectivity index (χ0v) is 7.16. The molecule has 0 unspecified atom stereocenters. The SMILES string of the molecule is O=Cc1cccc2c1=C(O)CCC=2. The molecule has 1 aromatic rings.